The number of rotatable bonds is 8. The van der Waals surface area contributed by atoms with E-state index >= 15 is 0 Å². The highest BCUT2D eigenvalue weighted by molar-refractivity contribution is 7.92. The van der Waals surface area contributed by atoms with E-state index < -0.39 is 27.5 Å². The van der Waals surface area contributed by atoms with Crippen LogP contribution in [0.3, 0.4) is 0 Å². The third-order valence-corrected chi connectivity index (χ3v) is 4.24. The molecular weight excluding hydrogens is 360 g/mol. The van der Waals surface area contributed by atoms with Gasteiger partial charge in [-0.05, 0) is 29.3 Å². The van der Waals surface area contributed by atoms with Gasteiger partial charge in [-0.25, -0.2) is 13.1 Å². The minimum atomic E-state index is -3.78. The molecule has 0 amide bonds. The highest BCUT2D eigenvalue weighted by atomic mass is 32.2. The Morgan fingerprint density at radius 1 is 1.12 bits per heavy atom. The summed E-state index contributed by atoms with van der Waals surface area (Å²) in [7, 11) is -3.78. The fraction of sp³-hybridized carbons (Fsp3) is 0.118. The lowest BCUT2D eigenvalue weighted by Gasteiger charge is -2.05. The van der Waals surface area contributed by atoms with Crippen molar-refractivity contribution in [3.05, 3.63) is 81.2 Å². The Kier molecular flexibility index (Phi) is 6.59. The van der Waals surface area contributed by atoms with Crippen LogP contribution in [0.15, 0.2) is 60.0 Å². The molecule has 0 aliphatic heterocycles. The number of hydrogen-bond acceptors (Lipinski definition) is 6. The number of nitro benzene ring substituents is 1. The molecule has 0 radical (unpaired) electrons. The number of carbonyl (C=O) groups excluding carboxylic acids is 1. The first-order valence-corrected chi connectivity index (χ1v) is 9.02. The molecule has 0 aliphatic rings. The van der Waals surface area contributed by atoms with Crippen LogP contribution < -0.4 is 4.72 Å². The topological polar surface area (TPSA) is 116 Å². The minimum absolute atomic E-state index is 0.0713. The highest BCUT2D eigenvalue weighted by Crippen LogP contribution is 2.12. The Hall–Kier alpha value is -3.04. The molecule has 9 heteroatoms. The Bertz CT molecular complexity index is 893. The number of ether oxygens (including phenoxy) is 1. The Morgan fingerprint density at radius 2 is 1.77 bits per heavy atom. The zero-order valence-corrected chi connectivity index (χ0v) is 14.4. The number of nitro groups is 1. The van der Waals surface area contributed by atoms with E-state index in [0.717, 1.165) is 5.41 Å². The SMILES string of the molecule is O=C(CNS(=O)(=O)/C=C/c1ccccc1)OCc1ccc([N+](=O)[O-])cc1. The van der Waals surface area contributed by atoms with Crippen molar-refractivity contribution in [2.75, 3.05) is 6.54 Å². The fourth-order valence-electron chi connectivity index (χ4n) is 1.87. The van der Waals surface area contributed by atoms with Gasteiger partial charge in [0.15, 0.2) is 0 Å². The first-order chi connectivity index (χ1) is 12.4. The summed E-state index contributed by atoms with van der Waals surface area (Å²) in [5, 5.41) is 11.5. The van der Waals surface area contributed by atoms with Gasteiger partial charge in [0, 0.05) is 17.5 Å². The first-order valence-electron chi connectivity index (χ1n) is 7.47. The molecule has 1 N–H and O–H groups in total. The first kappa shape index (κ1) is 19.3. The predicted molar refractivity (Wildman–Crippen MR) is 95.3 cm³/mol. The van der Waals surface area contributed by atoms with Crippen molar-refractivity contribution in [2.45, 2.75) is 6.61 Å². The molecule has 2 aromatic rings. The van der Waals surface area contributed by atoms with Crippen LogP contribution in [-0.2, 0) is 26.2 Å². The average Bonchev–Trinajstić information content (AvgIpc) is 2.64. The zero-order valence-electron chi connectivity index (χ0n) is 13.6. The smallest absolute Gasteiger partial charge is 0.321 e. The van der Waals surface area contributed by atoms with Gasteiger partial charge in [0.2, 0.25) is 10.0 Å². The van der Waals surface area contributed by atoms with E-state index in [9.17, 15) is 23.3 Å². The van der Waals surface area contributed by atoms with E-state index in [1.807, 2.05) is 6.07 Å². The second-order valence-electron chi connectivity index (χ2n) is 5.16. The quantitative estimate of drug-likeness (QED) is 0.429. The molecule has 0 aliphatic carbocycles. The highest BCUT2D eigenvalue weighted by Gasteiger charge is 2.10. The lowest BCUT2D eigenvalue weighted by molar-refractivity contribution is -0.384. The number of sulfonamides is 1. The average molecular weight is 376 g/mol. The number of esters is 1. The van der Waals surface area contributed by atoms with Crippen molar-refractivity contribution in [3.63, 3.8) is 0 Å². The Labute approximate surface area is 150 Å². The molecule has 0 saturated carbocycles. The molecular formula is C17H16N2O6S. The van der Waals surface area contributed by atoms with Gasteiger partial charge in [0.25, 0.3) is 5.69 Å². The maximum absolute atomic E-state index is 11.8. The van der Waals surface area contributed by atoms with E-state index in [2.05, 4.69) is 4.72 Å². The number of non-ortho nitro benzene ring substituents is 1. The largest absolute Gasteiger partial charge is 0.460 e. The second-order valence-corrected chi connectivity index (χ2v) is 6.81. The van der Waals surface area contributed by atoms with Crippen LogP contribution in [0.4, 0.5) is 5.69 Å². The molecule has 2 rings (SSSR count). The minimum Gasteiger partial charge on any atom is -0.460 e. The van der Waals surface area contributed by atoms with Crippen molar-refractivity contribution in [1.82, 2.24) is 4.72 Å². The molecule has 0 atom stereocenters. The summed E-state index contributed by atoms with van der Waals surface area (Å²) < 4.78 is 30.7. The summed E-state index contributed by atoms with van der Waals surface area (Å²) in [6.45, 7) is -0.632. The molecule has 8 nitrogen and oxygen atoms in total. The summed E-state index contributed by atoms with van der Waals surface area (Å²) in [5.74, 6) is -0.764. The molecule has 0 heterocycles. The zero-order chi connectivity index (χ0) is 19.0. The van der Waals surface area contributed by atoms with E-state index in [1.54, 1.807) is 24.3 Å². The van der Waals surface area contributed by atoms with Gasteiger partial charge in [-0.15, -0.1) is 0 Å². The van der Waals surface area contributed by atoms with Crippen molar-refractivity contribution in [1.29, 1.82) is 0 Å². The molecule has 0 spiro atoms. The summed E-state index contributed by atoms with van der Waals surface area (Å²) in [6.07, 6.45) is 1.41. The predicted octanol–water partition coefficient (Wildman–Crippen LogP) is 2.23. The third-order valence-electron chi connectivity index (χ3n) is 3.20. The lowest BCUT2D eigenvalue weighted by atomic mass is 10.2. The fourth-order valence-corrected chi connectivity index (χ4v) is 2.62. The van der Waals surface area contributed by atoms with Crippen LogP contribution in [0, 0.1) is 10.1 Å². The molecule has 0 aromatic heterocycles. The van der Waals surface area contributed by atoms with Gasteiger partial charge in [0.05, 0.1) is 4.92 Å². The molecule has 0 unspecified atom stereocenters. The van der Waals surface area contributed by atoms with Crippen LogP contribution in [0.2, 0.25) is 0 Å². The van der Waals surface area contributed by atoms with Crippen LogP contribution >= 0.6 is 0 Å². The summed E-state index contributed by atoms with van der Waals surface area (Å²) in [4.78, 5) is 21.6. The van der Waals surface area contributed by atoms with E-state index in [4.69, 9.17) is 4.74 Å². The Morgan fingerprint density at radius 3 is 2.38 bits per heavy atom. The number of benzene rings is 2. The van der Waals surface area contributed by atoms with Crippen LogP contribution in [0.1, 0.15) is 11.1 Å². The molecule has 136 valence electrons. The standard InChI is InChI=1S/C17H16N2O6S/c20-17(25-13-15-6-8-16(9-7-15)19(21)22)12-18-26(23,24)11-10-14-4-2-1-3-5-14/h1-11,18H,12-13H2/b11-10+. The number of nitrogens with one attached hydrogen (secondary N) is 1. The van der Waals surface area contributed by atoms with Crippen LogP contribution in [0.5, 0.6) is 0 Å². The molecule has 0 saturated heterocycles. The van der Waals surface area contributed by atoms with Crippen molar-refractivity contribution < 1.29 is 22.9 Å². The molecule has 0 bridgehead atoms. The van der Waals surface area contributed by atoms with Gasteiger partial charge in [-0.1, -0.05) is 30.3 Å². The number of carbonyl (C=O) groups is 1. The van der Waals surface area contributed by atoms with E-state index in [0.29, 0.717) is 11.1 Å². The molecule has 0 fully saturated rings. The van der Waals surface area contributed by atoms with Crippen molar-refractivity contribution >= 4 is 27.8 Å². The van der Waals surface area contributed by atoms with Crippen molar-refractivity contribution in [3.8, 4) is 0 Å². The van der Waals surface area contributed by atoms with Crippen molar-refractivity contribution in [2.24, 2.45) is 0 Å². The third kappa shape index (κ3) is 6.46. The maximum atomic E-state index is 11.8. The summed E-state index contributed by atoms with van der Waals surface area (Å²) >= 11 is 0. The van der Waals surface area contributed by atoms with Gasteiger partial charge in [0.1, 0.15) is 13.2 Å². The summed E-state index contributed by atoms with van der Waals surface area (Å²) in [6, 6.07) is 14.3. The van der Waals surface area contributed by atoms with Gasteiger partial charge in [-0.3, -0.25) is 14.9 Å². The van der Waals surface area contributed by atoms with Crippen LogP contribution in [0.25, 0.3) is 6.08 Å². The van der Waals surface area contributed by atoms with E-state index in [-0.39, 0.29) is 12.3 Å². The molecule has 2 aromatic carbocycles. The number of nitrogens with zero attached hydrogens (tertiary/aromatic N) is 1. The normalized spacial score (nSPS) is 11.4. The van der Waals surface area contributed by atoms with Crippen LogP contribution in [-0.4, -0.2) is 25.9 Å². The van der Waals surface area contributed by atoms with Gasteiger partial charge in [-0.2, -0.15) is 0 Å². The Balaban J connectivity index is 1.80. The number of hydrogen-bond donors (Lipinski definition) is 1. The monoisotopic (exact) mass is 376 g/mol. The molecule has 26 heavy (non-hydrogen) atoms. The lowest BCUT2D eigenvalue weighted by Crippen LogP contribution is -2.29. The van der Waals surface area contributed by atoms with Gasteiger partial charge < -0.3 is 4.74 Å². The summed E-state index contributed by atoms with van der Waals surface area (Å²) in [5.41, 5.74) is 1.19. The van der Waals surface area contributed by atoms with Gasteiger partial charge >= 0.3 is 5.97 Å². The van der Waals surface area contributed by atoms with E-state index in [1.165, 1.54) is 30.3 Å². The maximum Gasteiger partial charge on any atom is 0.321 e. The second kappa shape index (κ2) is 8.88.